The Morgan fingerprint density at radius 1 is 1.19 bits per heavy atom. The second-order valence-electron chi connectivity index (χ2n) is 6.70. The maximum absolute atomic E-state index is 12.1. The van der Waals surface area contributed by atoms with Gasteiger partial charge in [-0.3, -0.25) is 5.10 Å². The van der Waals surface area contributed by atoms with Crippen molar-refractivity contribution in [2.24, 2.45) is 0 Å². The highest BCUT2D eigenvalue weighted by molar-refractivity contribution is 5.89. The Hall–Kier alpha value is -4.14. The molecule has 4 rings (SSSR count). The highest BCUT2D eigenvalue weighted by atomic mass is 16.5. The van der Waals surface area contributed by atoms with Crippen LogP contribution in [0.2, 0.25) is 0 Å². The standard InChI is InChI=1S/C22H22N6O3/c1-2-15-5-3-6-17(13-15)31-20-9-8-16(14-24-20)25-22(29)23-11-10-19-26-21(28-27-19)18-7-4-12-30-18/h3-9,12-14H,2,10-11H2,1H3,(H2,23,25,29)(H,26,27,28). The molecule has 0 fully saturated rings. The molecule has 0 aliphatic heterocycles. The quantitative estimate of drug-likeness (QED) is 0.395. The molecule has 9 heteroatoms. The number of hydrogen-bond acceptors (Lipinski definition) is 6. The van der Waals surface area contributed by atoms with Gasteiger partial charge in [0.15, 0.2) is 5.76 Å². The number of furan rings is 1. The van der Waals surface area contributed by atoms with Crippen LogP contribution in [-0.4, -0.2) is 32.7 Å². The van der Waals surface area contributed by atoms with E-state index < -0.39 is 0 Å². The van der Waals surface area contributed by atoms with Crippen LogP contribution in [0, 0.1) is 0 Å². The van der Waals surface area contributed by atoms with Crippen LogP contribution < -0.4 is 15.4 Å². The summed E-state index contributed by atoms with van der Waals surface area (Å²) in [7, 11) is 0. The Balaban J connectivity index is 1.23. The monoisotopic (exact) mass is 418 g/mol. The summed E-state index contributed by atoms with van der Waals surface area (Å²) in [5.41, 5.74) is 1.75. The Kier molecular flexibility index (Phi) is 6.22. The fraction of sp³-hybridized carbons (Fsp3) is 0.182. The van der Waals surface area contributed by atoms with Crippen molar-refractivity contribution in [2.45, 2.75) is 19.8 Å². The molecule has 9 nitrogen and oxygen atoms in total. The van der Waals surface area contributed by atoms with E-state index in [1.165, 1.54) is 5.56 Å². The van der Waals surface area contributed by atoms with Crippen molar-refractivity contribution in [1.82, 2.24) is 25.5 Å². The number of carbonyl (C=O) groups excluding carboxylic acids is 1. The van der Waals surface area contributed by atoms with E-state index >= 15 is 0 Å². The van der Waals surface area contributed by atoms with E-state index in [1.807, 2.05) is 24.3 Å². The molecule has 1 aromatic carbocycles. The van der Waals surface area contributed by atoms with Crippen LogP contribution in [0.25, 0.3) is 11.6 Å². The van der Waals surface area contributed by atoms with Crippen LogP contribution in [0.1, 0.15) is 18.3 Å². The molecule has 0 spiro atoms. The van der Waals surface area contributed by atoms with E-state index in [-0.39, 0.29) is 6.03 Å². The number of hydrogen-bond donors (Lipinski definition) is 3. The van der Waals surface area contributed by atoms with Gasteiger partial charge < -0.3 is 19.8 Å². The Morgan fingerprint density at radius 2 is 2.13 bits per heavy atom. The molecule has 2 amide bonds. The van der Waals surface area contributed by atoms with Gasteiger partial charge in [0.2, 0.25) is 11.7 Å². The molecular formula is C22H22N6O3. The zero-order valence-corrected chi connectivity index (χ0v) is 17.0. The molecular weight excluding hydrogens is 396 g/mol. The molecule has 3 N–H and O–H groups in total. The SMILES string of the molecule is CCc1cccc(Oc2ccc(NC(=O)NCCc3nc(-c4ccco4)n[nH]3)cn2)c1. The van der Waals surface area contributed by atoms with Gasteiger partial charge in [-0.2, -0.15) is 5.10 Å². The molecule has 3 heterocycles. The van der Waals surface area contributed by atoms with E-state index in [0.29, 0.717) is 41.9 Å². The number of urea groups is 1. The van der Waals surface area contributed by atoms with E-state index in [0.717, 1.165) is 12.2 Å². The average Bonchev–Trinajstić information content (AvgIpc) is 3.47. The van der Waals surface area contributed by atoms with Gasteiger partial charge in [0.1, 0.15) is 11.6 Å². The highest BCUT2D eigenvalue weighted by Crippen LogP contribution is 2.21. The Bertz CT molecular complexity index is 1120. The first-order valence-corrected chi connectivity index (χ1v) is 9.92. The number of H-pyrrole nitrogens is 1. The van der Waals surface area contributed by atoms with E-state index in [4.69, 9.17) is 9.15 Å². The van der Waals surface area contributed by atoms with Crippen LogP contribution >= 0.6 is 0 Å². The fourth-order valence-electron chi connectivity index (χ4n) is 2.86. The number of pyridine rings is 1. The molecule has 0 aliphatic carbocycles. The zero-order valence-electron chi connectivity index (χ0n) is 17.0. The molecule has 0 aliphatic rings. The first-order valence-electron chi connectivity index (χ1n) is 9.92. The molecule has 4 aromatic rings. The van der Waals surface area contributed by atoms with Crippen molar-refractivity contribution >= 4 is 11.7 Å². The molecule has 3 aromatic heterocycles. The summed E-state index contributed by atoms with van der Waals surface area (Å²) in [6, 6.07) is 14.5. The minimum Gasteiger partial charge on any atom is -0.461 e. The van der Waals surface area contributed by atoms with Gasteiger partial charge in [-0.05, 0) is 42.3 Å². The average molecular weight is 418 g/mol. The molecule has 158 valence electrons. The predicted molar refractivity (Wildman–Crippen MR) is 115 cm³/mol. The van der Waals surface area contributed by atoms with Gasteiger partial charge in [-0.15, -0.1) is 0 Å². The molecule has 0 saturated heterocycles. The summed E-state index contributed by atoms with van der Waals surface area (Å²) in [6.07, 6.45) is 4.55. The summed E-state index contributed by atoms with van der Waals surface area (Å²) >= 11 is 0. The van der Waals surface area contributed by atoms with Gasteiger partial charge in [0.25, 0.3) is 0 Å². The van der Waals surface area contributed by atoms with Crippen LogP contribution in [0.4, 0.5) is 10.5 Å². The number of nitrogens with one attached hydrogen (secondary N) is 3. The van der Waals surface area contributed by atoms with Crippen molar-refractivity contribution in [3.8, 4) is 23.2 Å². The van der Waals surface area contributed by atoms with E-state index in [1.54, 1.807) is 36.7 Å². The number of aromatic nitrogens is 4. The van der Waals surface area contributed by atoms with Crippen LogP contribution in [0.3, 0.4) is 0 Å². The lowest BCUT2D eigenvalue weighted by molar-refractivity contribution is 0.252. The fourth-order valence-corrected chi connectivity index (χ4v) is 2.86. The van der Waals surface area contributed by atoms with Gasteiger partial charge >= 0.3 is 6.03 Å². The third kappa shape index (κ3) is 5.47. The lowest BCUT2D eigenvalue weighted by Crippen LogP contribution is -2.30. The minimum absolute atomic E-state index is 0.336. The molecule has 0 unspecified atom stereocenters. The third-order valence-electron chi connectivity index (χ3n) is 4.44. The second kappa shape index (κ2) is 9.57. The number of rotatable bonds is 8. The van der Waals surface area contributed by atoms with Crippen molar-refractivity contribution in [3.05, 3.63) is 72.4 Å². The first-order chi connectivity index (χ1) is 15.2. The number of nitrogens with zero attached hydrogens (tertiary/aromatic N) is 3. The number of aryl methyl sites for hydroxylation is 1. The maximum atomic E-state index is 12.1. The normalized spacial score (nSPS) is 10.6. The Morgan fingerprint density at radius 3 is 2.90 bits per heavy atom. The van der Waals surface area contributed by atoms with Gasteiger partial charge in [-0.1, -0.05) is 19.1 Å². The molecule has 0 radical (unpaired) electrons. The number of amides is 2. The number of benzene rings is 1. The van der Waals surface area contributed by atoms with Crippen molar-refractivity contribution in [3.63, 3.8) is 0 Å². The lowest BCUT2D eigenvalue weighted by Gasteiger charge is -2.09. The van der Waals surface area contributed by atoms with Gasteiger partial charge in [0, 0.05) is 19.0 Å². The Labute approximate surface area is 178 Å². The smallest absolute Gasteiger partial charge is 0.319 e. The minimum atomic E-state index is -0.336. The lowest BCUT2D eigenvalue weighted by atomic mass is 10.2. The third-order valence-corrected chi connectivity index (χ3v) is 4.44. The number of anilines is 1. The van der Waals surface area contributed by atoms with Crippen LogP contribution in [-0.2, 0) is 12.8 Å². The molecule has 0 bridgehead atoms. The van der Waals surface area contributed by atoms with Crippen LogP contribution in [0.15, 0.2) is 65.4 Å². The summed E-state index contributed by atoms with van der Waals surface area (Å²) in [4.78, 5) is 20.7. The summed E-state index contributed by atoms with van der Waals surface area (Å²) in [6.45, 7) is 2.48. The van der Waals surface area contributed by atoms with Crippen molar-refractivity contribution in [2.75, 3.05) is 11.9 Å². The molecule has 0 saturated carbocycles. The topological polar surface area (TPSA) is 118 Å². The number of ether oxygens (including phenoxy) is 1. The van der Waals surface area contributed by atoms with Crippen LogP contribution in [0.5, 0.6) is 11.6 Å². The van der Waals surface area contributed by atoms with Crippen molar-refractivity contribution < 1.29 is 13.9 Å². The molecule has 0 atom stereocenters. The predicted octanol–water partition coefficient (Wildman–Crippen LogP) is 4.18. The first kappa shape index (κ1) is 20.1. The molecule has 31 heavy (non-hydrogen) atoms. The number of aromatic amines is 1. The summed E-state index contributed by atoms with van der Waals surface area (Å²) < 4.78 is 11.0. The highest BCUT2D eigenvalue weighted by Gasteiger charge is 2.09. The van der Waals surface area contributed by atoms with E-state index in [9.17, 15) is 4.79 Å². The summed E-state index contributed by atoms with van der Waals surface area (Å²) in [5, 5.41) is 12.4. The summed E-state index contributed by atoms with van der Waals surface area (Å²) in [5.74, 6) is 2.91. The number of carbonyl (C=O) groups is 1. The van der Waals surface area contributed by atoms with Gasteiger partial charge in [-0.25, -0.2) is 14.8 Å². The second-order valence-corrected chi connectivity index (χ2v) is 6.70. The zero-order chi connectivity index (χ0) is 21.5. The largest absolute Gasteiger partial charge is 0.461 e. The van der Waals surface area contributed by atoms with Crippen molar-refractivity contribution in [1.29, 1.82) is 0 Å². The maximum Gasteiger partial charge on any atom is 0.319 e. The van der Waals surface area contributed by atoms with Gasteiger partial charge in [0.05, 0.1) is 18.1 Å². The van der Waals surface area contributed by atoms with E-state index in [2.05, 4.69) is 37.7 Å².